The van der Waals surface area contributed by atoms with Crippen LogP contribution in [0.1, 0.15) is 59.8 Å². The van der Waals surface area contributed by atoms with Crippen LogP contribution in [-0.4, -0.2) is 250 Å². The molecule has 2 aromatic rings. The number of hydrogen-bond acceptors (Lipinski definition) is 25. The smallest absolute Gasteiger partial charge is 0.310 e. The summed E-state index contributed by atoms with van der Waals surface area (Å²) in [5.74, 6) is -10.9. The summed E-state index contributed by atoms with van der Waals surface area (Å²) < 4.78 is 88.2. The van der Waals surface area contributed by atoms with E-state index in [2.05, 4.69) is 0 Å². The van der Waals surface area contributed by atoms with Gasteiger partial charge in [-0.3, -0.25) is 19.2 Å². The quantitative estimate of drug-likeness (QED) is 0.0386. The fraction of sp³-hybridized carbons (Fsp3) is 0.714. The minimum atomic E-state index is -3.91. The monoisotopic (exact) mass is 1220 g/mol. The van der Waals surface area contributed by atoms with Crippen molar-refractivity contribution in [3.63, 3.8) is 0 Å². The van der Waals surface area contributed by atoms with Crippen molar-refractivity contribution < 1.29 is 131 Å². The zero-order chi connectivity index (χ0) is 62.1. The molecule has 16 atom stereocenters. The van der Waals surface area contributed by atoms with Crippen molar-refractivity contribution in [1.29, 1.82) is 0 Å². The third-order valence-electron chi connectivity index (χ3n) is 14.0. The number of esters is 2. The number of rotatable bonds is 40. The number of methoxy groups -OCH3 is 1. The summed E-state index contributed by atoms with van der Waals surface area (Å²) in [5.41, 5.74) is 0. The van der Waals surface area contributed by atoms with E-state index in [1.165, 1.54) is 55.6 Å². The molecule has 0 spiro atoms. The second kappa shape index (κ2) is 36.4. The highest BCUT2D eigenvalue weighted by Crippen LogP contribution is 2.33. The lowest BCUT2D eigenvalue weighted by atomic mass is 9.84. The van der Waals surface area contributed by atoms with Gasteiger partial charge < -0.3 is 103 Å². The van der Waals surface area contributed by atoms with E-state index in [4.69, 9.17) is 52.1 Å². The summed E-state index contributed by atoms with van der Waals surface area (Å²) in [6.45, 7) is 2.81. The van der Waals surface area contributed by atoms with E-state index in [9.17, 15) is 78.7 Å². The second-order valence-electron chi connectivity index (χ2n) is 21.1. The molecule has 0 bridgehead atoms. The molecule has 27 nitrogen and oxygen atoms in total. The van der Waals surface area contributed by atoms with Crippen molar-refractivity contribution in [2.75, 3.05) is 93.0 Å². The Morgan fingerprint density at radius 2 is 1.08 bits per heavy atom. The van der Waals surface area contributed by atoms with Crippen molar-refractivity contribution in [2.45, 2.75) is 143 Å². The molecular formula is C56H86O27S. The van der Waals surface area contributed by atoms with Crippen LogP contribution in [-0.2, 0) is 71.6 Å². The van der Waals surface area contributed by atoms with Crippen LogP contribution in [0.3, 0.4) is 0 Å². The maximum Gasteiger partial charge on any atom is 0.310 e. The van der Waals surface area contributed by atoms with Crippen molar-refractivity contribution in [3.8, 4) is 11.5 Å². The van der Waals surface area contributed by atoms with Crippen LogP contribution in [0, 0.1) is 29.6 Å². The number of hydrogen-bond donors (Lipinski definition) is 10. The lowest BCUT2D eigenvalue weighted by Gasteiger charge is -2.44. The summed E-state index contributed by atoms with van der Waals surface area (Å²) in [6, 6.07) is 11.4. The number of ether oxygens (including phenoxy) is 11. The lowest BCUT2D eigenvalue weighted by Crippen LogP contribution is -2.59. The zero-order valence-electron chi connectivity index (χ0n) is 48.0. The predicted octanol–water partition coefficient (Wildman–Crippen LogP) is -0.221. The van der Waals surface area contributed by atoms with Gasteiger partial charge >= 0.3 is 23.9 Å². The van der Waals surface area contributed by atoms with Crippen molar-refractivity contribution in [1.82, 2.24) is 0 Å². The number of carbonyl (C=O) groups is 4. The summed E-state index contributed by atoms with van der Waals surface area (Å²) in [6.07, 6.45) is -15.5. The highest BCUT2D eigenvalue weighted by atomic mass is 32.2. The number of sulfone groups is 1. The van der Waals surface area contributed by atoms with Gasteiger partial charge in [0, 0.05) is 18.4 Å². The van der Waals surface area contributed by atoms with Gasteiger partial charge in [0.05, 0.1) is 132 Å². The first-order valence-electron chi connectivity index (χ1n) is 27.9. The minimum Gasteiger partial charge on any atom is -0.497 e. The number of aliphatic hydroxyl groups excluding tert-OH is 8. The molecule has 2 aliphatic rings. The number of carboxylic acids is 2. The van der Waals surface area contributed by atoms with Crippen molar-refractivity contribution in [3.05, 3.63) is 48.5 Å². The molecule has 14 unspecified atom stereocenters. The van der Waals surface area contributed by atoms with Gasteiger partial charge in [-0.25, -0.2) is 8.42 Å². The van der Waals surface area contributed by atoms with Gasteiger partial charge in [0.2, 0.25) is 9.84 Å². The first kappa shape index (κ1) is 71.7. The second-order valence-corrected chi connectivity index (χ2v) is 23.1. The molecule has 0 saturated carbocycles. The molecule has 0 radical (unpaired) electrons. The van der Waals surface area contributed by atoms with E-state index in [0.717, 1.165) is 0 Å². The van der Waals surface area contributed by atoms with E-state index >= 15 is 0 Å². The van der Waals surface area contributed by atoms with E-state index in [1.54, 1.807) is 6.92 Å². The number of carboxylic acid groups (broad SMARTS) is 2. The Labute approximate surface area is 488 Å². The Kier molecular flexibility index (Phi) is 31.1. The van der Waals surface area contributed by atoms with E-state index in [-0.39, 0.29) is 74.3 Å². The van der Waals surface area contributed by atoms with Gasteiger partial charge in [0.25, 0.3) is 0 Å². The van der Waals surface area contributed by atoms with Crippen LogP contribution in [0.2, 0.25) is 0 Å². The number of aliphatic carboxylic acids is 2. The van der Waals surface area contributed by atoms with Crippen LogP contribution >= 0.6 is 0 Å². The summed E-state index contributed by atoms with van der Waals surface area (Å²) in [4.78, 5) is 51.7. The lowest BCUT2D eigenvalue weighted by molar-refractivity contribution is -0.242. The topological polar surface area (TPSA) is 406 Å². The summed E-state index contributed by atoms with van der Waals surface area (Å²) in [5, 5.41) is 105. The van der Waals surface area contributed by atoms with Gasteiger partial charge in [-0.2, -0.15) is 0 Å². The molecule has 10 N–H and O–H groups in total. The third-order valence-corrected chi connectivity index (χ3v) is 15.8. The number of benzene rings is 2. The van der Waals surface area contributed by atoms with E-state index in [0.29, 0.717) is 25.0 Å². The third kappa shape index (κ3) is 22.8. The number of carbonyl (C=O) groups excluding carboxylic acids is 2. The average molecular weight is 1220 g/mol. The first-order chi connectivity index (χ1) is 39.9. The van der Waals surface area contributed by atoms with E-state index < -0.39 is 177 Å². The number of aliphatic hydroxyl groups is 8. The molecule has 28 heteroatoms. The molecule has 478 valence electrons. The van der Waals surface area contributed by atoms with Crippen LogP contribution in [0.4, 0.5) is 0 Å². The van der Waals surface area contributed by atoms with Crippen LogP contribution in [0.25, 0.3) is 0 Å². The first-order valence-corrected chi connectivity index (χ1v) is 29.4. The predicted molar refractivity (Wildman–Crippen MR) is 290 cm³/mol. The molecule has 2 aromatic carbocycles. The largest absolute Gasteiger partial charge is 0.497 e. The molecule has 2 heterocycles. The fourth-order valence-electron chi connectivity index (χ4n) is 9.55. The van der Waals surface area contributed by atoms with Crippen LogP contribution in [0.15, 0.2) is 58.3 Å². The molecule has 4 rings (SSSR count). The zero-order valence-corrected chi connectivity index (χ0v) is 48.8. The van der Waals surface area contributed by atoms with Crippen LogP contribution in [0.5, 0.6) is 11.5 Å². The minimum absolute atomic E-state index is 0.0242. The Hall–Kier alpha value is -4.73. The molecule has 2 fully saturated rings. The van der Waals surface area contributed by atoms with Crippen molar-refractivity contribution in [2.24, 2.45) is 29.6 Å². The Bertz CT molecular complexity index is 2360. The fourth-order valence-corrected chi connectivity index (χ4v) is 10.8. The SMILES string of the molecule is CCCC1C(CO)OC(COCC2C(COC(=O)[C@H](CC(=O)O)[C@@H](CC(=O)O)C(=O)OCC(O)COCC(COc3ccc(S(=O)(=O)c4ccc(OC)cc4)cc3)OCC(O)COCC(O)CC(C)C)OC(COCC)C(O)C2O)C(O)C1O. The normalized spacial score (nSPS) is 25.0. The molecule has 84 heavy (non-hydrogen) atoms. The van der Waals surface area contributed by atoms with Gasteiger partial charge in [-0.1, -0.05) is 27.2 Å². The Morgan fingerprint density at radius 1 is 0.571 bits per heavy atom. The van der Waals surface area contributed by atoms with Crippen molar-refractivity contribution >= 4 is 33.7 Å². The van der Waals surface area contributed by atoms with Gasteiger partial charge in [0.1, 0.15) is 74.0 Å². The molecule has 0 amide bonds. The summed E-state index contributed by atoms with van der Waals surface area (Å²) in [7, 11) is -2.46. The molecular weight excluding hydrogens is 1140 g/mol. The average Bonchev–Trinajstić information content (AvgIpc) is 2.69. The highest BCUT2D eigenvalue weighted by molar-refractivity contribution is 7.91. The Balaban J connectivity index is 1.40. The summed E-state index contributed by atoms with van der Waals surface area (Å²) >= 11 is 0. The maximum absolute atomic E-state index is 13.8. The standard InChI is InChI=1S/C56H86O27S/c1-6-8-41-45(20-57)82-48(53(67)51(41)65)30-77-28-44-46(83-47(29-74-7-2)54(68)52(44)66)31-81-56(70)43(19-50(63)64)42(18-49(61)62)55(69)80-25-35(60)23-76-26-38(78-24-34(59)22-75-21-33(58)17-32(3)4)27-79-37-11-15-40(16-12-37)84(71,72)39-13-9-36(73-5)10-14-39/h9-16,32-35,38,41-48,51-54,57-60,65-68H,6-8,17-31H2,1-5H3,(H,61,62)(H,63,64)/t33?,34?,35?,38?,41?,42-,43-,44?,45?,46?,47?,48?,51?,52?,53?,54?/m1/s1. The Morgan fingerprint density at radius 3 is 1.62 bits per heavy atom. The maximum atomic E-state index is 13.8. The van der Waals surface area contributed by atoms with Gasteiger partial charge in [-0.05, 0) is 74.2 Å². The van der Waals surface area contributed by atoms with Gasteiger partial charge in [-0.15, -0.1) is 0 Å². The molecule has 2 aliphatic heterocycles. The molecule has 0 aliphatic carbocycles. The van der Waals surface area contributed by atoms with E-state index in [1.807, 2.05) is 20.8 Å². The molecule has 2 saturated heterocycles. The highest BCUT2D eigenvalue weighted by Gasteiger charge is 2.48. The van der Waals surface area contributed by atoms with Gasteiger partial charge in [0.15, 0.2) is 0 Å². The van der Waals surface area contributed by atoms with Crippen LogP contribution < -0.4 is 9.47 Å². The molecule has 0 aromatic heterocycles.